The van der Waals surface area contributed by atoms with Crippen molar-refractivity contribution in [3.63, 3.8) is 0 Å². The third-order valence-corrected chi connectivity index (χ3v) is 3.78. The molecule has 0 aromatic carbocycles. The van der Waals surface area contributed by atoms with Gasteiger partial charge in [0.15, 0.2) is 0 Å². The Morgan fingerprint density at radius 3 is 2.09 bits per heavy atom. The van der Waals surface area contributed by atoms with Crippen LogP contribution in [0.1, 0.15) is 47.5 Å². The largest absolute Gasteiger partial charge is 0.464 e. The first-order valence-electron chi connectivity index (χ1n) is 8.50. The van der Waals surface area contributed by atoms with E-state index in [9.17, 15) is 14.4 Å². The van der Waals surface area contributed by atoms with Gasteiger partial charge in [0, 0.05) is 25.9 Å². The number of rotatable bonds is 6. The maximum absolute atomic E-state index is 12.4. The minimum atomic E-state index is -0.689. The summed E-state index contributed by atoms with van der Waals surface area (Å²) in [6.45, 7) is 11.0. The van der Waals surface area contributed by atoms with E-state index in [-0.39, 0.29) is 36.8 Å². The number of hydrogen-bond donors (Lipinski definition) is 0. The number of nitrogens with zero attached hydrogens (tertiary/aromatic N) is 2. The number of carbonyl (C=O) groups excluding carboxylic acids is 3. The van der Waals surface area contributed by atoms with Crippen molar-refractivity contribution in [1.82, 2.24) is 9.80 Å². The molecule has 6 nitrogen and oxygen atoms in total. The standard InChI is InChI=1S/C17H30N2O4/c1-6-23-17(22)14-11-18(15(20)9-12(2)3)7-8-19(14)16(21)10-13(4)5/h12-14H,6-11H2,1-5H3/t14-/m1/s1. The lowest BCUT2D eigenvalue weighted by molar-refractivity contribution is -0.160. The number of piperazine rings is 1. The molecule has 0 aromatic heterocycles. The molecule has 1 heterocycles. The molecule has 0 spiro atoms. The molecular formula is C17H30N2O4. The molecule has 0 aliphatic carbocycles. The number of amides is 2. The van der Waals surface area contributed by atoms with Crippen molar-refractivity contribution in [1.29, 1.82) is 0 Å². The Morgan fingerprint density at radius 1 is 1.00 bits per heavy atom. The molecule has 1 atom stereocenters. The van der Waals surface area contributed by atoms with Gasteiger partial charge < -0.3 is 14.5 Å². The third-order valence-electron chi connectivity index (χ3n) is 3.78. The Morgan fingerprint density at radius 2 is 1.57 bits per heavy atom. The van der Waals surface area contributed by atoms with Gasteiger partial charge in [-0.3, -0.25) is 9.59 Å². The molecule has 2 amide bonds. The molecule has 1 fully saturated rings. The first-order valence-corrected chi connectivity index (χ1v) is 8.50. The van der Waals surface area contributed by atoms with Crippen LogP contribution in [0.5, 0.6) is 0 Å². The van der Waals surface area contributed by atoms with Gasteiger partial charge >= 0.3 is 5.97 Å². The first-order chi connectivity index (χ1) is 10.8. The van der Waals surface area contributed by atoms with Gasteiger partial charge in [0.05, 0.1) is 13.2 Å². The second-order valence-electron chi connectivity index (χ2n) is 6.89. The van der Waals surface area contributed by atoms with E-state index in [2.05, 4.69) is 0 Å². The molecule has 0 bridgehead atoms. The lowest BCUT2D eigenvalue weighted by Gasteiger charge is -2.40. The summed E-state index contributed by atoms with van der Waals surface area (Å²) >= 11 is 0. The van der Waals surface area contributed by atoms with Crippen LogP contribution in [0.15, 0.2) is 0 Å². The van der Waals surface area contributed by atoms with Crippen LogP contribution in [-0.2, 0) is 19.1 Å². The zero-order valence-electron chi connectivity index (χ0n) is 15.0. The summed E-state index contributed by atoms with van der Waals surface area (Å²) < 4.78 is 5.11. The smallest absolute Gasteiger partial charge is 0.330 e. The minimum absolute atomic E-state index is 0.0326. The fourth-order valence-electron chi connectivity index (χ4n) is 2.69. The molecule has 1 rings (SSSR count). The van der Waals surface area contributed by atoms with Crippen molar-refractivity contribution in [3.8, 4) is 0 Å². The lowest BCUT2D eigenvalue weighted by Crippen LogP contribution is -2.60. The average Bonchev–Trinajstić information content (AvgIpc) is 2.45. The number of ether oxygens (including phenoxy) is 1. The second kappa shape index (κ2) is 8.89. The van der Waals surface area contributed by atoms with Crippen LogP contribution in [0.4, 0.5) is 0 Å². The molecule has 1 aliphatic heterocycles. The SMILES string of the molecule is CCOC(=O)[C@H]1CN(C(=O)CC(C)C)CCN1C(=O)CC(C)C. The fraction of sp³-hybridized carbons (Fsp3) is 0.824. The van der Waals surface area contributed by atoms with E-state index in [1.165, 1.54) is 0 Å². The maximum Gasteiger partial charge on any atom is 0.330 e. The maximum atomic E-state index is 12.4. The van der Waals surface area contributed by atoms with Gasteiger partial charge in [-0.15, -0.1) is 0 Å². The monoisotopic (exact) mass is 326 g/mol. The predicted octanol–water partition coefficient (Wildman–Crippen LogP) is 1.68. The van der Waals surface area contributed by atoms with Crippen LogP contribution < -0.4 is 0 Å². The Kier molecular flexibility index (Phi) is 7.52. The number of carbonyl (C=O) groups is 3. The Labute approximate surface area is 139 Å². The second-order valence-corrected chi connectivity index (χ2v) is 6.89. The number of esters is 1. The summed E-state index contributed by atoms with van der Waals surface area (Å²) in [5.41, 5.74) is 0. The van der Waals surface area contributed by atoms with Crippen molar-refractivity contribution in [3.05, 3.63) is 0 Å². The molecule has 1 saturated heterocycles. The Balaban J connectivity index is 2.83. The summed E-state index contributed by atoms with van der Waals surface area (Å²) in [6.07, 6.45) is 0.853. The van der Waals surface area contributed by atoms with Crippen molar-refractivity contribution < 1.29 is 19.1 Å². The summed E-state index contributed by atoms with van der Waals surface area (Å²) in [5.74, 6) is 0.0565. The van der Waals surface area contributed by atoms with Crippen LogP contribution in [0.3, 0.4) is 0 Å². The fourth-order valence-corrected chi connectivity index (χ4v) is 2.69. The minimum Gasteiger partial charge on any atom is -0.464 e. The van der Waals surface area contributed by atoms with Gasteiger partial charge in [0.1, 0.15) is 6.04 Å². The van der Waals surface area contributed by atoms with Crippen LogP contribution in [0, 0.1) is 11.8 Å². The summed E-state index contributed by atoms with van der Waals surface area (Å²) in [5, 5.41) is 0. The van der Waals surface area contributed by atoms with Gasteiger partial charge in [0.2, 0.25) is 11.8 Å². The van der Waals surface area contributed by atoms with Crippen molar-refractivity contribution in [2.45, 2.75) is 53.5 Å². The molecule has 0 saturated carbocycles. The molecule has 0 aromatic rings. The van der Waals surface area contributed by atoms with Gasteiger partial charge in [-0.25, -0.2) is 4.79 Å². The van der Waals surface area contributed by atoms with Gasteiger partial charge in [-0.1, -0.05) is 27.7 Å². The Hall–Kier alpha value is -1.59. The van der Waals surface area contributed by atoms with Crippen molar-refractivity contribution in [2.24, 2.45) is 11.8 Å². The van der Waals surface area contributed by atoms with Crippen LogP contribution in [-0.4, -0.2) is 59.9 Å². The highest BCUT2D eigenvalue weighted by Gasteiger charge is 2.37. The predicted molar refractivity (Wildman–Crippen MR) is 87.6 cm³/mol. The van der Waals surface area contributed by atoms with Crippen LogP contribution in [0.25, 0.3) is 0 Å². The van der Waals surface area contributed by atoms with Gasteiger partial charge in [-0.2, -0.15) is 0 Å². The molecule has 0 radical (unpaired) electrons. The van der Waals surface area contributed by atoms with E-state index in [1.54, 1.807) is 16.7 Å². The highest BCUT2D eigenvalue weighted by atomic mass is 16.5. The zero-order chi connectivity index (χ0) is 17.6. The zero-order valence-corrected chi connectivity index (χ0v) is 15.0. The molecule has 23 heavy (non-hydrogen) atoms. The topological polar surface area (TPSA) is 66.9 Å². The number of hydrogen-bond acceptors (Lipinski definition) is 4. The van der Waals surface area contributed by atoms with Crippen molar-refractivity contribution in [2.75, 3.05) is 26.2 Å². The molecule has 6 heteroatoms. The van der Waals surface area contributed by atoms with Gasteiger partial charge in [-0.05, 0) is 18.8 Å². The molecular weight excluding hydrogens is 296 g/mol. The van der Waals surface area contributed by atoms with E-state index < -0.39 is 12.0 Å². The summed E-state index contributed by atoms with van der Waals surface area (Å²) in [4.78, 5) is 40.2. The molecule has 0 N–H and O–H groups in total. The van der Waals surface area contributed by atoms with Crippen molar-refractivity contribution >= 4 is 17.8 Å². The average molecular weight is 326 g/mol. The summed E-state index contributed by atoms with van der Waals surface area (Å²) in [6, 6.07) is -0.689. The van der Waals surface area contributed by atoms with E-state index in [0.717, 1.165) is 0 Å². The third kappa shape index (κ3) is 5.84. The van der Waals surface area contributed by atoms with E-state index >= 15 is 0 Å². The van der Waals surface area contributed by atoms with E-state index in [4.69, 9.17) is 4.74 Å². The van der Waals surface area contributed by atoms with E-state index in [1.807, 2.05) is 27.7 Å². The molecule has 0 unspecified atom stereocenters. The highest BCUT2D eigenvalue weighted by molar-refractivity contribution is 5.86. The lowest BCUT2D eigenvalue weighted by atomic mass is 10.1. The highest BCUT2D eigenvalue weighted by Crippen LogP contribution is 2.17. The van der Waals surface area contributed by atoms with Crippen LogP contribution in [0.2, 0.25) is 0 Å². The van der Waals surface area contributed by atoms with Crippen LogP contribution >= 0.6 is 0 Å². The first kappa shape index (κ1) is 19.5. The molecule has 132 valence electrons. The van der Waals surface area contributed by atoms with E-state index in [0.29, 0.717) is 25.9 Å². The molecule has 1 aliphatic rings. The van der Waals surface area contributed by atoms with Gasteiger partial charge in [0.25, 0.3) is 0 Å². The normalized spacial score (nSPS) is 18.5. The quantitative estimate of drug-likeness (QED) is 0.697. The Bertz CT molecular complexity index is 434. The summed E-state index contributed by atoms with van der Waals surface area (Å²) in [7, 11) is 0.